The van der Waals surface area contributed by atoms with E-state index in [0.29, 0.717) is 13.1 Å². The Labute approximate surface area is 100 Å². The van der Waals surface area contributed by atoms with Crippen LogP contribution in [0.4, 0.5) is 10.1 Å². The van der Waals surface area contributed by atoms with Gasteiger partial charge in [0.2, 0.25) is 0 Å². The van der Waals surface area contributed by atoms with Crippen molar-refractivity contribution in [2.75, 3.05) is 25.4 Å². The maximum atomic E-state index is 13.3. The second-order valence-corrected chi connectivity index (χ2v) is 3.51. The van der Waals surface area contributed by atoms with Gasteiger partial charge in [-0.15, -0.1) is 0 Å². The fourth-order valence-corrected chi connectivity index (χ4v) is 1.48. The van der Waals surface area contributed by atoms with Gasteiger partial charge in [-0.25, -0.2) is 4.39 Å². The smallest absolute Gasteiger partial charge is 0.260 e. The number of hydrogen-bond acceptors (Lipinski definition) is 3. The van der Waals surface area contributed by atoms with Crippen LogP contribution in [0.2, 0.25) is 0 Å². The van der Waals surface area contributed by atoms with Crippen LogP contribution in [0.5, 0.6) is 5.75 Å². The fraction of sp³-hybridized carbons (Fsp3) is 0.417. The Kier molecular flexibility index (Phi) is 4.75. The molecule has 0 fully saturated rings. The summed E-state index contributed by atoms with van der Waals surface area (Å²) in [5, 5.41) is 0. The Bertz CT molecular complexity index is 372. The largest absolute Gasteiger partial charge is 0.479 e. The summed E-state index contributed by atoms with van der Waals surface area (Å²) in [5.74, 6) is -0.803. The molecule has 0 bridgehead atoms. The Hall–Kier alpha value is -1.78. The molecule has 0 atom stereocenters. The van der Waals surface area contributed by atoms with Gasteiger partial charge in [-0.1, -0.05) is 6.07 Å². The quantitative estimate of drug-likeness (QED) is 0.796. The van der Waals surface area contributed by atoms with Crippen LogP contribution in [0.15, 0.2) is 18.2 Å². The van der Waals surface area contributed by atoms with Gasteiger partial charge in [0.1, 0.15) is 0 Å². The summed E-state index contributed by atoms with van der Waals surface area (Å²) in [4.78, 5) is 13.2. The molecule has 4 nitrogen and oxygen atoms in total. The standard InChI is InChI=1S/C12H17FN2O2/c1-3-15(4-2)11(16)8-17-12-9(13)6-5-7-10(12)14/h5-7H,3-4,8,14H2,1-2H3. The number of halogens is 1. The molecule has 0 aromatic heterocycles. The van der Waals surface area contributed by atoms with Gasteiger partial charge in [-0.3, -0.25) is 4.79 Å². The highest BCUT2D eigenvalue weighted by Crippen LogP contribution is 2.24. The third kappa shape index (κ3) is 3.34. The van der Waals surface area contributed by atoms with Crippen LogP contribution in [0, 0.1) is 5.82 Å². The maximum Gasteiger partial charge on any atom is 0.260 e. The van der Waals surface area contributed by atoms with E-state index >= 15 is 0 Å². The summed E-state index contributed by atoms with van der Waals surface area (Å²) in [6.45, 7) is 4.75. The first-order chi connectivity index (χ1) is 8.10. The van der Waals surface area contributed by atoms with Crippen molar-refractivity contribution in [2.24, 2.45) is 0 Å². The zero-order valence-electron chi connectivity index (χ0n) is 10.1. The average molecular weight is 240 g/mol. The summed E-state index contributed by atoms with van der Waals surface area (Å²) in [6, 6.07) is 4.26. The summed E-state index contributed by atoms with van der Waals surface area (Å²) < 4.78 is 18.5. The van der Waals surface area contributed by atoms with E-state index in [0.717, 1.165) is 0 Å². The van der Waals surface area contributed by atoms with E-state index in [1.54, 1.807) is 4.90 Å². The minimum absolute atomic E-state index is 0.0620. The number of likely N-dealkylation sites (N-methyl/N-ethyl adjacent to an activating group) is 1. The number of ether oxygens (including phenoxy) is 1. The van der Waals surface area contributed by atoms with E-state index < -0.39 is 5.82 Å². The zero-order chi connectivity index (χ0) is 12.8. The second kappa shape index (κ2) is 6.08. The number of amides is 1. The molecule has 0 heterocycles. The number of benzene rings is 1. The van der Waals surface area contributed by atoms with E-state index in [1.807, 2.05) is 13.8 Å². The molecule has 0 radical (unpaired) electrons. The number of rotatable bonds is 5. The molecular formula is C12H17FN2O2. The number of nitrogens with two attached hydrogens (primary N) is 1. The van der Waals surface area contributed by atoms with Crippen LogP contribution in [-0.2, 0) is 4.79 Å². The summed E-state index contributed by atoms with van der Waals surface area (Å²) in [5.41, 5.74) is 5.75. The van der Waals surface area contributed by atoms with Crippen molar-refractivity contribution in [1.82, 2.24) is 4.90 Å². The van der Waals surface area contributed by atoms with Crippen molar-refractivity contribution in [3.63, 3.8) is 0 Å². The Balaban J connectivity index is 2.64. The molecule has 0 saturated heterocycles. The predicted molar refractivity (Wildman–Crippen MR) is 64.2 cm³/mol. The number of carbonyl (C=O) groups excluding carboxylic acids is 1. The summed E-state index contributed by atoms with van der Waals surface area (Å²) in [6.07, 6.45) is 0. The van der Waals surface area contributed by atoms with Gasteiger partial charge >= 0.3 is 0 Å². The molecule has 0 saturated carbocycles. The summed E-state index contributed by atoms with van der Waals surface area (Å²) >= 11 is 0. The highest BCUT2D eigenvalue weighted by atomic mass is 19.1. The van der Waals surface area contributed by atoms with Crippen molar-refractivity contribution in [1.29, 1.82) is 0 Å². The molecule has 1 rings (SSSR count). The average Bonchev–Trinajstić information content (AvgIpc) is 2.30. The SMILES string of the molecule is CCN(CC)C(=O)COc1c(N)cccc1F. The van der Waals surface area contributed by atoms with Crippen molar-refractivity contribution < 1.29 is 13.9 Å². The van der Waals surface area contributed by atoms with Crippen LogP contribution in [0.25, 0.3) is 0 Å². The number of carbonyl (C=O) groups is 1. The van der Waals surface area contributed by atoms with Crippen LogP contribution in [0.1, 0.15) is 13.8 Å². The molecule has 0 aliphatic carbocycles. The third-order valence-corrected chi connectivity index (χ3v) is 2.45. The monoisotopic (exact) mass is 240 g/mol. The van der Waals surface area contributed by atoms with Crippen LogP contribution >= 0.6 is 0 Å². The summed E-state index contributed by atoms with van der Waals surface area (Å²) in [7, 11) is 0. The molecule has 1 aromatic carbocycles. The van der Waals surface area contributed by atoms with E-state index in [2.05, 4.69) is 0 Å². The number of hydrogen-bond donors (Lipinski definition) is 1. The second-order valence-electron chi connectivity index (χ2n) is 3.51. The molecule has 94 valence electrons. The minimum Gasteiger partial charge on any atom is -0.479 e. The lowest BCUT2D eigenvalue weighted by Gasteiger charge is -2.19. The van der Waals surface area contributed by atoms with Gasteiger partial charge < -0.3 is 15.4 Å². The van der Waals surface area contributed by atoms with Crippen molar-refractivity contribution in [2.45, 2.75) is 13.8 Å². The van der Waals surface area contributed by atoms with E-state index in [-0.39, 0.29) is 24.0 Å². The predicted octanol–water partition coefficient (Wildman–Crippen LogP) is 1.66. The Morgan fingerprint density at radius 2 is 2.06 bits per heavy atom. The van der Waals surface area contributed by atoms with Gasteiger partial charge in [-0.2, -0.15) is 0 Å². The number of nitrogens with zero attached hydrogens (tertiary/aromatic N) is 1. The lowest BCUT2D eigenvalue weighted by molar-refractivity contribution is -0.132. The van der Waals surface area contributed by atoms with Crippen molar-refractivity contribution >= 4 is 11.6 Å². The molecule has 2 N–H and O–H groups in total. The number of anilines is 1. The minimum atomic E-state index is -0.558. The van der Waals surface area contributed by atoms with Crippen molar-refractivity contribution in [3.8, 4) is 5.75 Å². The zero-order valence-corrected chi connectivity index (χ0v) is 10.1. The molecule has 1 aromatic rings. The first-order valence-electron chi connectivity index (χ1n) is 5.54. The lowest BCUT2D eigenvalue weighted by atomic mass is 10.3. The number of nitrogen functional groups attached to an aromatic ring is 1. The molecule has 0 aliphatic heterocycles. The van der Waals surface area contributed by atoms with Gasteiger partial charge in [-0.05, 0) is 26.0 Å². The molecule has 0 aliphatic rings. The Morgan fingerprint density at radius 3 is 2.59 bits per heavy atom. The normalized spacial score (nSPS) is 10.1. The van der Waals surface area contributed by atoms with Crippen LogP contribution in [-0.4, -0.2) is 30.5 Å². The maximum absolute atomic E-state index is 13.3. The third-order valence-electron chi connectivity index (χ3n) is 2.45. The van der Waals surface area contributed by atoms with Crippen LogP contribution in [0.3, 0.4) is 0 Å². The lowest BCUT2D eigenvalue weighted by Crippen LogP contribution is -2.34. The van der Waals surface area contributed by atoms with Crippen molar-refractivity contribution in [3.05, 3.63) is 24.0 Å². The molecule has 5 heteroatoms. The highest BCUT2D eigenvalue weighted by molar-refractivity contribution is 5.77. The van der Waals surface area contributed by atoms with E-state index in [4.69, 9.17) is 10.5 Å². The van der Waals surface area contributed by atoms with Gasteiger partial charge in [0.15, 0.2) is 18.2 Å². The molecular weight excluding hydrogens is 223 g/mol. The van der Waals surface area contributed by atoms with Gasteiger partial charge in [0.05, 0.1) is 5.69 Å². The molecule has 1 amide bonds. The first kappa shape index (κ1) is 13.3. The Morgan fingerprint density at radius 1 is 1.41 bits per heavy atom. The topological polar surface area (TPSA) is 55.6 Å². The first-order valence-corrected chi connectivity index (χ1v) is 5.54. The molecule has 17 heavy (non-hydrogen) atoms. The van der Waals surface area contributed by atoms with E-state index in [1.165, 1.54) is 18.2 Å². The van der Waals surface area contributed by atoms with Crippen LogP contribution < -0.4 is 10.5 Å². The van der Waals surface area contributed by atoms with Gasteiger partial charge in [0.25, 0.3) is 5.91 Å². The van der Waals surface area contributed by atoms with E-state index in [9.17, 15) is 9.18 Å². The molecule has 0 spiro atoms. The fourth-order valence-electron chi connectivity index (χ4n) is 1.48. The number of para-hydroxylation sites is 1. The molecule has 0 unspecified atom stereocenters. The van der Waals surface area contributed by atoms with Gasteiger partial charge in [0, 0.05) is 13.1 Å². The highest BCUT2D eigenvalue weighted by Gasteiger charge is 2.13.